The van der Waals surface area contributed by atoms with Crippen molar-refractivity contribution in [2.75, 3.05) is 0 Å². The number of nitrogens with one attached hydrogen (secondary N) is 1. The summed E-state index contributed by atoms with van der Waals surface area (Å²) in [6, 6.07) is 8.20. The van der Waals surface area contributed by atoms with Crippen LogP contribution in [-0.4, -0.2) is 25.9 Å². The highest BCUT2D eigenvalue weighted by Crippen LogP contribution is 2.30. The predicted octanol–water partition coefficient (Wildman–Crippen LogP) is 3.60. The Balaban J connectivity index is 1.79. The van der Waals surface area contributed by atoms with Gasteiger partial charge in [-0.2, -0.15) is 0 Å². The van der Waals surface area contributed by atoms with E-state index in [2.05, 4.69) is 33.9 Å². The van der Waals surface area contributed by atoms with E-state index in [4.69, 9.17) is 0 Å². The third-order valence-corrected chi connectivity index (χ3v) is 5.87. The number of carbonyl (C=O) groups excluding carboxylic acids is 2. The van der Waals surface area contributed by atoms with E-state index in [1.807, 2.05) is 24.4 Å². The molecule has 3 aromatic rings. The van der Waals surface area contributed by atoms with Gasteiger partial charge >= 0.3 is 0 Å². The molecule has 0 aliphatic carbocycles. The fourth-order valence-electron chi connectivity index (χ4n) is 3.09. The molecule has 3 heterocycles. The van der Waals surface area contributed by atoms with E-state index in [0.29, 0.717) is 6.42 Å². The number of benzene rings is 1. The second kappa shape index (κ2) is 5.75. The van der Waals surface area contributed by atoms with E-state index in [1.165, 1.54) is 0 Å². The Labute approximate surface area is 147 Å². The SMILES string of the molecule is Cc1nc(-n2c(C)cc3c(CC4SC(=O)NC4=O)cccc32)cs1. The molecule has 1 aliphatic heterocycles. The van der Waals surface area contributed by atoms with E-state index in [0.717, 1.165) is 44.7 Å². The molecule has 1 N–H and O–H groups in total. The Bertz CT molecular complexity index is 974. The third kappa shape index (κ3) is 2.53. The Morgan fingerprint density at radius 3 is 2.79 bits per heavy atom. The van der Waals surface area contributed by atoms with Gasteiger partial charge in [0.15, 0.2) is 0 Å². The molecule has 1 aromatic carbocycles. The lowest BCUT2D eigenvalue weighted by Gasteiger charge is -2.08. The van der Waals surface area contributed by atoms with Crippen LogP contribution in [0, 0.1) is 13.8 Å². The van der Waals surface area contributed by atoms with Crippen molar-refractivity contribution >= 4 is 45.1 Å². The summed E-state index contributed by atoms with van der Waals surface area (Å²) in [6.07, 6.45) is 0.541. The number of rotatable bonds is 3. The minimum absolute atomic E-state index is 0.201. The number of hydrogen-bond donors (Lipinski definition) is 1. The normalized spacial score (nSPS) is 17.7. The maximum atomic E-state index is 11.9. The average molecular weight is 357 g/mol. The number of amides is 2. The van der Waals surface area contributed by atoms with Crippen LogP contribution in [-0.2, 0) is 11.2 Å². The molecule has 7 heteroatoms. The molecule has 1 fully saturated rings. The first-order valence-corrected chi connectivity index (χ1v) is 9.33. The summed E-state index contributed by atoms with van der Waals surface area (Å²) in [5.74, 6) is 0.721. The molecule has 24 heavy (non-hydrogen) atoms. The summed E-state index contributed by atoms with van der Waals surface area (Å²) in [7, 11) is 0. The van der Waals surface area contributed by atoms with Gasteiger partial charge in [0.25, 0.3) is 5.24 Å². The zero-order chi connectivity index (χ0) is 16.8. The lowest BCUT2D eigenvalue weighted by atomic mass is 10.0. The topological polar surface area (TPSA) is 64.0 Å². The van der Waals surface area contributed by atoms with Gasteiger partial charge in [-0.1, -0.05) is 23.9 Å². The van der Waals surface area contributed by atoms with Gasteiger partial charge in [0.05, 0.1) is 15.8 Å². The summed E-state index contributed by atoms with van der Waals surface area (Å²) in [6.45, 7) is 4.05. The molecule has 0 bridgehead atoms. The number of hydrogen-bond acceptors (Lipinski definition) is 5. The van der Waals surface area contributed by atoms with Gasteiger partial charge in [0.2, 0.25) is 5.91 Å². The van der Waals surface area contributed by atoms with E-state index < -0.39 is 0 Å². The quantitative estimate of drug-likeness (QED) is 0.778. The number of carbonyl (C=O) groups is 2. The fourth-order valence-corrected chi connectivity index (χ4v) is 4.52. The van der Waals surface area contributed by atoms with Gasteiger partial charge in [0.1, 0.15) is 5.82 Å². The van der Waals surface area contributed by atoms with Crippen LogP contribution in [0.25, 0.3) is 16.7 Å². The van der Waals surface area contributed by atoms with Gasteiger partial charge in [-0.3, -0.25) is 19.5 Å². The predicted molar refractivity (Wildman–Crippen MR) is 97.0 cm³/mol. The third-order valence-electron chi connectivity index (χ3n) is 4.13. The van der Waals surface area contributed by atoms with Crippen LogP contribution in [0.2, 0.25) is 0 Å². The summed E-state index contributed by atoms with van der Waals surface area (Å²) >= 11 is 2.70. The number of aryl methyl sites for hydroxylation is 2. The Morgan fingerprint density at radius 2 is 2.12 bits per heavy atom. The van der Waals surface area contributed by atoms with Crippen LogP contribution in [0.15, 0.2) is 29.6 Å². The molecule has 0 saturated carbocycles. The maximum Gasteiger partial charge on any atom is 0.286 e. The highest BCUT2D eigenvalue weighted by molar-refractivity contribution is 8.15. The van der Waals surface area contributed by atoms with Crippen molar-refractivity contribution in [1.29, 1.82) is 0 Å². The monoisotopic (exact) mass is 357 g/mol. The van der Waals surface area contributed by atoms with Crippen LogP contribution in [0.4, 0.5) is 4.79 Å². The molecule has 0 radical (unpaired) electrons. The first kappa shape index (κ1) is 15.4. The number of nitrogens with zero attached hydrogens (tertiary/aromatic N) is 2. The van der Waals surface area contributed by atoms with Crippen molar-refractivity contribution in [2.45, 2.75) is 25.5 Å². The molecular formula is C17H15N3O2S2. The molecule has 1 unspecified atom stereocenters. The largest absolute Gasteiger partial charge is 0.298 e. The Morgan fingerprint density at radius 1 is 1.29 bits per heavy atom. The summed E-state index contributed by atoms with van der Waals surface area (Å²) in [5, 5.41) is 5.92. The first-order chi connectivity index (χ1) is 11.5. The molecule has 1 atom stereocenters. The molecule has 2 amide bonds. The van der Waals surface area contributed by atoms with Crippen molar-refractivity contribution in [3.8, 4) is 5.82 Å². The van der Waals surface area contributed by atoms with Gasteiger partial charge in [-0.25, -0.2) is 4.98 Å². The van der Waals surface area contributed by atoms with E-state index in [-0.39, 0.29) is 16.4 Å². The molecular weight excluding hydrogens is 342 g/mol. The fraction of sp³-hybridized carbons (Fsp3) is 0.235. The maximum absolute atomic E-state index is 11.9. The van der Waals surface area contributed by atoms with Crippen molar-refractivity contribution in [3.63, 3.8) is 0 Å². The lowest BCUT2D eigenvalue weighted by Crippen LogP contribution is -2.25. The van der Waals surface area contributed by atoms with Crippen molar-refractivity contribution in [1.82, 2.24) is 14.9 Å². The summed E-state index contributed by atoms with van der Waals surface area (Å²) < 4.78 is 2.13. The Hall–Kier alpha value is -2.12. The highest BCUT2D eigenvalue weighted by Gasteiger charge is 2.32. The number of thiazole rings is 1. The number of thioether (sulfide) groups is 1. The molecule has 0 spiro atoms. The minimum atomic E-state index is -0.353. The van der Waals surface area contributed by atoms with E-state index >= 15 is 0 Å². The van der Waals surface area contributed by atoms with Gasteiger partial charge < -0.3 is 0 Å². The molecule has 1 saturated heterocycles. The molecule has 4 rings (SSSR count). The van der Waals surface area contributed by atoms with Gasteiger partial charge in [-0.15, -0.1) is 11.3 Å². The zero-order valence-corrected chi connectivity index (χ0v) is 14.8. The molecule has 5 nitrogen and oxygen atoms in total. The number of aromatic nitrogens is 2. The van der Waals surface area contributed by atoms with E-state index in [9.17, 15) is 9.59 Å². The smallest absolute Gasteiger partial charge is 0.286 e. The van der Waals surface area contributed by atoms with Crippen LogP contribution in [0.3, 0.4) is 0 Å². The van der Waals surface area contributed by atoms with Crippen LogP contribution < -0.4 is 5.32 Å². The summed E-state index contributed by atoms with van der Waals surface area (Å²) in [4.78, 5) is 27.8. The standard InChI is InChI=1S/C17H15N3O2S2/c1-9-6-12-11(7-14-16(21)19-17(22)24-14)4-3-5-13(12)20(9)15-8-23-10(2)18-15/h3-6,8,14H,7H2,1-2H3,(H,19,21,22). The highest BCUT2D eigenvalue weighted by atomic mass is 32.2. The number of fused-ring (bicyclic) bond motifs is 1. The van der Waals surface area contributed by atoms with Crippen LogP contribution >= 0.6 is 23.1 Å². The minimum Gasteiger partial charge on any atom is -0.298 e. The molecule has 2 aromatic heterocycles. The first-order valence-electron chi connectivity index (χ1n) is 7.57. The van der Waals surface area contributed by atoms with Crippen LogP contribution in [0.1, 0.15) is 16.3 Å². The number of imide groups is 1. The lowest BCUT2D eigenvalue weighted by molar-refractivity contribution is -0.118. The van der Waals surface area contributed by atoms with Gasteiger partial charge in [0, 0.05) is 16.5 Å². The van der Waals surface area contributed by atoms with E-state index in [1.54, 1.807) is 11.3 Å². The van der Waals surface area contributed by atoms with Crippen LogP contribution in [0.5, 0.6) is 0 Å². The second-order valence-corrected chi connectivity index (χ2v) is 8.02. The molecule has 122 valence electrons. The second-order valence-electron chi connectivity index (χ2n) is 5.78. The Kier molecular flexibility index (Phi) is 3.69. The zero-order valence-electron chi connectivity index (χ0n) is 13.2. The molecule has 1 aliphatic rings. The van der Waals surface area contributed by atoms with Crippen molar-refractivity contribution in [2.24, 2.45) is 0 Å². The van der Waals surface area contributed by atoms with Gasteiger partial charge in [-0.05, 0) is 38.0 Å². The summed E-state index contributed by atoms with van der Waals surface area (Å²) in [5.41, 5.74) is 3.25. The van der Waals surface area contributed by atoms with Crippen molar-refractivity contribution in [3.05, 3.63) is 45.9 Å². The van der Waals surface area contributed by atoms with Crippen molar-refractivity contribution < 1.29 is 9.59 Å². The average Bonchev–Trinajstić information content (AvgIpc) is 3.17.